The molecule has 0 bridgehead atoms. The summed E-state index contributed by atoms with van der Waals surface area (Å²) in [5.41, 5.74) is 2.65. The molecule has 6 nitrogen and oxygen atoms in total. The molecule has 8 heteroatoms. The van der Waals surface area contributed by atoms with E-state index in [9.17, 15) is 4.79 Å². The van der Waals surface area contributed by atoms with Gasteiger partial charge in [0, 0.05) is 35.3 Å². The second-order valence-electron chi connectivity index (χ2n) is 7.66. The van der Waals surface area contributed by atoms with E-state index in [2.05, 4.69) is 24.0 Å². The lowest BCUT2D eigenvalue weighted by atomic mass is 10.1. The third kappa shape index (κ3) is 4.95. The first-order chi connectivity index (χ1) is 15.0. The van der Waals surface area contributed by atoms with Crippen molar-refractivity contribution in [3.05, 3.63) is 70.5 Å². The minimum Gasteiger partial charge on any atom is -0.378 e. The van der Waals surface area contributed by atoms with E-state index in [1.54, 1.807) is 11.8 Å². The molecule has 4 rings (SSSR count). The molecule has 0 saturated carbocycles. The Morgan fingerprint density at radius 3 is 2.65 bits per heavy atom. The molecule has 0 N–H and O–H groups in total. The first kappa shape index (κ1) is 21.9. The first-order valence-corrected chi connectivity index (χ1v) is 11.7. The molecule has 0 atom stereocenters. The van der Waals surface area contributed by atoms with E-state index in [4.69, 9.17) is 16.3 Å². The summed E-state index contributed by atoms with van der Waals surface area (Å²) in [6, 6.07) is 15.5. The van der Waals surface area contributed by atoms with Gasteiger partial charge in [-0.3, -0.25) is 9.36 Å². The highest BCUT2D eigenvalue weighted by molar-refractivity contribution is 7.98. The minimum absolute atomic E-state index is 0.0543. The minimum atomic E-state index is 0.0543. The van der Waals surface area contributed by atoms with Crippen LogP contribution >= 0.6 is 23.4 Å². The number of carbonyl (C=O) groups is 1. The Bertz CT molecular complexity index is 1060. The standard InChI is InChI=1S/C23H25ClN4O2S/c1-16(2)21-25-26-23(28(21)19-8-5-7-18(24)14-19)31-15-17-6-3-4-9-20(17)22(29)27-10-12-30-13-11-27/h3-9,14,16H,10-13,15H2,1-2H3. The Balaban J connectivity index is 1.60. The highest BCUT2D eigenvalue weighted by Crippen LogP contribution is 2.30. The molecule has 0 unspecified atom stereocenters. The zero-order valence-electron chi connectivity index (χ0n) is 17.6. The molecule has 0 spiro atoms. The number of ether oxygens (including phenoxy) is 1. The van der Waals surface area contributed by atoms with Crippen molar-refractivity contribution in [3.63, 3.8) is 0 Å². The van der Waals surface area contributed by atoms with Gasteiger partial charge in [-0.2, -0.15) is 0 Å². The molecule has 2 aromatic carbocycles. The SMILES string of the molecule is CC(C)c1nnc(SCc2ccccc2C(=O)N2CCOCC2)n1-c1cccc(Cl)c1. The van der Waals surface area contributed by atoms with Crippen molar-refractivity contribution in [2.45, 2.75) is 30.7 Å². The van der Waals surface area contributed by atoms with Crippen LogP contribution in [0.25, 0.3) is 5.69 Å². The largest absolute Gasteiger partial charge is 0.378 e. The number of benzene rings is 2. The maximum Gasteiger partial charge on any atom is 0.254 e. The van der Waals surface area contributed by atoms with Crippen molar-refractivity contribution >= 4 is 29.3 Å². The van der Waals surface area contributed by atoms with Crippen LogP contribution in [0, 0.1) is 0 Å². The first-order valence-electron chi connectivity index (χ1n) is 10.3. The highest BCUT2D eigenvalue weighted by Gasteiger charge is 2.22. The second-order valence-corrected chi connectivity index (χ2v) is 9.04. The van der Waals surface area contributed by atoms with E-state index < -0.39 is 0 Å². The van der Waals surface area contributed by atoms with Gasteiger partial charge in [0.2, 0.25) is 0 Å². The maximum absolute atomic E-state index is 13.1. The van der Waals surface area contributed by atoms with Gasteiger partial charge in [0.1, 0.15) is 5.82 Å². The van der Waals surface area contributed by atoms with E-state index in [-0.39, 0.29) is 11.8 Å². The predicted octanol–water partition coefficient (Wildman–Crippen LogP) is 4.81. The van der Waals surface area contributed by atoms with Crippen molar-refractivity contribution < 1.29 is 9.53 Å². The molecular weight excluding hydrogens is 432 g/mol. The van der Waals surface area contributed by atoms with Gasteiger partial charge in [0.05, 0.1) is 18.9 Å². The van der Waals surface area contributed by atoms with Crippen LogP contribution in [-0.2, 0) is 10.5 Å². The summed E-state index contributed by atoms with van der Waals surface area (Å²) in [5, 5.41) is 10.3. The van der Waals surface area contributed by atoms with Crippen LogP contribution in [0.5, 0.6) is 0 Å². The Morgan fingerprint density at radius 2 is 1.90 bits per heavy atom. The van der Waals surface area contributed by atoms with Gasteiger partial charge < -0.3 is 9.64 Å². The quantitative estimate of drug-likeness (QED) is 0.498. The van der Waals surface area contributed by atoms with Crippen LogP contribution in [0.2, 0.25) is 5.02 Å². The third-order valence-electron chi connectivity index (χ3n) is 5.14. The second kappa shape index (κ2) is 9.85. The Kier molecular flexibility index (Phi) is 6.95. The number of hydrogen-bond donors (Lipinski definition) is 0. The average molecular weight is 457 g/mol. The molecule has 31 heavy (non-hydrogen) atoms. The number of hydrogen-bond acceptors (Lipinski definition) is 5. The molecular formula is C23H25ClN4O2S. The zero-order chi connectivity index (χ0) is 21.8. The summed E-state index contributed by atoms with van der Waals surface area (Å²) in [6.07, 6.45) is 0. The molecule has 1 aromatic heterocycles. The van der Waals surface area contributed by atoms with E-state index in [0.29, 0.717) is 37.1 Å². The molecule has 1 aliphatic rings. The van der Waals surface area contributed by atoms with Crippen LogP contribution in [0.15, 0.2) is 53.7 Å². The number of nitrogens with zero attached hydrogens (tertiary/aromatic N) is 4. The molecule has 1 aliphatic heterocycles. The fourth-order valence-corrected chi connectivity index (χ4v) is 4.69. The number of thioether (sulfide) groups is 1. The summed E-state index contributed by atoms with van der Waals surface area (Å²) in [7, 11) is 0. The van der Waals surface area contributed by atoms with Crippen LogP contribution in [0.1, 0.15) is 41.5 Å². The molecule has 1 fully saturated rings. The lowest BCUT2D eigenvalue weighted by molar-refractivity contribution is 0.0302. The monoisotopic (exact) mass is 456 g/mol. The smallest absolute Gasteiger partial charge is 0.254 e. The number of amides is 1. The third-order valence-corrected chi connectivity index (χ3v) is 6.36. The molecule has 1 saturated heterocycles. The normalized spacial score (nSPS) is 14.3. The van der Waals surface area contributed by atoms with Crippen LogP contribution < -0.4 is 0 Å². The molecule has 0 aliphatic carbocycles. The number of aromatic nitrogens is 3. The number of rotatable bonds is 6. The van der Waals surface area contributed by atoms with Crippen molar-refractivity contribution in [1.82, 2.24) is 19.7 Å². The van der Waals surface area contributed by atoms with Crippen molar-refractivity contribution in [2.24, 2.45) is 0 Å². The van der Waals surface area contributed by atoms with Crippen molar-refractivity contribution in [3.8, 4) is 5.69 Å². The summed E-state index contributed by atoms with van der Waals surface area (Å²) in [5.74, 6) is 1.75. The highest BCUT2D eigenvalue weighted by atomic mass is 35.5. The molecule has 3 aromatic rings. The summed E-state index contributed by atoms with van der Waals surface area (Å²) < 4.78 is 7.43. The van der Waals surface area contributed by atoms with Crippen LogP contribution in [0.3, 0.4) is 0 Å². The lowest BCUT2D eigenvalue weighted by Gasteiger charge is -2.27. The average Bonchev–Trinajstić information content (AvgIpc) is 3.22. The van der Waals surface area contributed by atoms with Gasteiger partial charge in [-0.15, -0.1) is 10.2 Å². The Morgan fingerprint density at radius 1 is 1.13 bits per heavy atom. The van der Waals surface area contributed by atoms with E-state index >= 15 is 0 Å². The van der Waals surface area contributed by atoms with Crippen molar-refractivity contribution in [2.75, 3.05) is 26.3 Å². The fraction of sp³-hybridized carbons (Fsp3) is 0.348. The van der Waals surface area contributed by atoms with Crippen LogP contribution in [-0.4, -0.2) is 51.9 Å². The molecule has 1 amide bonds. The van der Waals surface area contributed by atoms with Gasteiger partial charge in [-0.25, -0.2) is 0 Å². The molecule has 2 heterocycles. The van der Waals surface area contributed by atoms with Gasteiger partial charge in [0.25, 0.3) is 5.91 Å². The number of carbonyl (C=O) groups excluding carboxylic acids is 1. The van der Waals surface area contributed by atoms with Gasteiger partial charge in [-0.1, -0.05) is 61.5 Å². The summed E-state index contributed by atoms with van der Waals surface area (Å²) in [4.78, 5) is 14.9. The fourth-order valence-electron chi connectivity index (χ4n) is 3.54. The van der Waals surface area contributed by atoms with Crippen molar-refractivity contribution in [1.29, 1.82) is 0 Å². The predicted molar refractivity (Wildman–Crippen MR) is 123 cm³/mol. The summed E-state index contributed by atoms with van der Waals surface area (Å²) in [6.45, 7) is 6.61. The van der Waals surface area contributed by atoms with Gasteiger partial charge >= 0.3 is 0 Å². The lowest BCUT2D eigenvalue weighted by Crippen LogP contribution is -2.41. The van der Waals surface area contributed by atoms with Gasteiger partial charge in [0.15, 0.2) is 5.16 Å². The molecule has 162 valence electrons. The number of halogens is 1. The topological polar surface area (TPSA) is 60.3 Å². The maximum atomic E-state index is 13.1. The Hall–Kier alpha value is -2.35. The van der Waals surface area contributed by atoms with E-state index in [1.807, 2.05) is 58.0 Å². The summed E-state index contributed by atoms with van der Waals surface area (Å²) >= 11 is 7.80. The van der Waals surface area contributed by atoms with Crippen LogP contribution in [0.4, 0.5) is 0 Å². The van der Waals surface area contributed by atoms with E-state index in [0.717, 1.165) is 27.8 Å². The van der Waals surface area contributed by atoms with E-state index in [1.165, 1.54) is 0 Å². The molecule has 0 radical (unpaired) electrons. The number of morpholine rings is 1. The van der Waals surface area contributed by atoms with Gasteiger partial charge in [-0.05, 0) is 29.8 Å². The zero-order valence-corrected chi connectivity index (χ0v) is 19.2. The Labute approximate surface area is 191 Å².